The Balaban J connectivity index is 1.91. The minimum Gasteiger partial charge on any atom is -0.354 e. The van der Waals surface area contributed by atoms with Crippen LogP contribution in [0.4, 0.5) is 10.2 Å². The number of hydrogen-bond donors (Lipinski definition) is 1. The number of aromatic nitrogens is 1. The smallest absolute Gasteiger partial charge is 0.253 e. The molecule has 1 saturated heterocycles. The molecular weight excluding hydrogens is 399 g/mol. The zero-order chi connectivity index (χ0) is 21.1. The first-order valence-electron chi connectivity index (χ1n) is 8.98. The maximum Gasteiger partial charge on any atom is 0.253 e. The van der Waals surface area contributed by atoms with Crippen molar-refractivity contribution < 1.29 is 18.8 Å². The first kappa shape index (κ1) is 20.7. The lowest BCUT2D eigenvalue weighted by Crippen LogP contribution is -2.63. The number of amides is 3. The number of carbonyl (C=O) groups excluding carboxylic acids is 3. The fourth-order valence-electron chi connectivity index (χ4n) is 3.12. The van der Waals surface area contributed by atoms with Crippen LogP contribution < -0.4 is 10.2 Å². The van der Waals surface area contributed by atoms with Crippen LogP contribution in [0.2, 0.25) is 5.02 Å². The number of aryl methyl sites for hydroxylation is 1. The fourth-order valence-corrected chi connectivity index (χ4v) is 3.24. The summed E-state index contributed by atoms with van der Waals surface area (Å²) in [4.78, 5) is 43.8. The van der Waals surface area contributed by atoms with Gasteiger partial charge in [-0.2, -0.15) is 0 Å². The van der Waals surface area contributed by atoms with E-state index in [1.54, 1.807) is 31.2 Å². The topological polar surface area (TPSA) is 82.6 Å². The lowest BCUT2D eigenvalue weighted by Gasteiger charge is -2.40. The number of halogens is 2. The Bertz CT molecular complexity index is 951. The predicted octanol–water partition coefficient (Wildman–Crippen LogP) is 2.06. The molecule has 1 unspecified atom stereocenters. The van der Waals surface area contributed by atoms with Crippen LogP contribution in [0.15, 0.2) is 36.5 Å². The van der Waals surface area contributed by atoms with E-state index in [-0.39, 0.29) is 37.3 Å². The van der Waals surface area contributed by atoms with Gasteiger partial charge in [-0.3, -0.25) is 19.3 Å². The molecule has 1 aliphatic heterocycles. The monoisotopic (exact) mass is 418 g/mol. The van der Waals surface area contributed by atoms with Crippen LogP contribution in [0, 0.1) is 12.7 Å². The Hall–Kier alpha value is -3.00. The summed E-state index contributed by atoms with van der Waals surface area (Å²) in [6.45, 7) is 2.73. The molecule has 9 heteroatoms. The molecule has 0 aliphatic carbocycles. The Labute approximate surface area is 172 Å². The van der Waals surface area contributed by atoms with Crippen molar-refractivity contribution in [1.29, 1.82) is 0 Å². The molecule has 1 aromatic carbocycles. The summed E-state index contributed by atoms with van der Waals surface area (Å²) in [6, 6.07) is 7.15. The number of pyridine rings is 1. The normalized spacial score (nSPS) is 16.9. The van der Waals surface area contributed by atoms with Gasteiger partial charge in [0.05, 0.1) is 0 Å². The zero-order valence-electron chi connectivity index (χ0n) is 16.0. The summed E-state index contributed by atoms with van der Waals surface area (Å²) >= 11 is 5.90. The SMILES string of the molecule is CC(=O)NCC1C(=O)N(c2ncc(C)cc2F)CC(=O)N1Cc1ccc(Cl)cc1. The molecule has 1 aliphatic rings. The standard InChI is InChI=1S/C20H20ClFN4O3/c1-12-7-16(22)19(24-8-12)26-11-18(28)25(10-14-3-5-15(21)6-4-14)17(20(26)29)9-23-13(2)27/h3-8,17H,9-11H2,1-2H3,(H,23,27). The lowest BCUT2D eigenvalue weighted by molar-refractivity contribution is -0.144. The Kier molecular flexibility index (Phi) is 6.12. The van der Waals surface area contributed by atoms with Crippen molar-refractivity contribution in [2.45, 2.75) is 26.4 Å². The van der Waals surface area contributed by atoms with Gasteiger partial charge < -0.3 is 10.2 Å². The molecule has 3 rings (SSSR count). The molecule has 1 aromatic heterocycles. The first-order chi connectivity index (χ1) is 13.8. The molecule has 2 heterocycles. The van der Waals surface area contributed by atoms with E-state index in [9.17, 15) is 18.8 Å². The molecule has 2 aromatic rings. The Morgan fingerprint density at radius 3 is 2.62 bits per heavy atom. The van der Waals surface area contributed by atoms with E-state index in [1.807, 2.05) is 0 Å². The molecular formula is C20H20ClFN4O3. The average molecular weight is 419 g/mol. The van der Waals surface area contributed by atoms with E-state index < -0.39 is 17.8 Å². The van der Waals surface area contributed by atoms with Gasteiger partial charge in [0.1, 0.15) is 12.6 Å². The molecule has 0 radical (unpaired) electrons. The van der Waals surface area contributed by atoms with Crippen molar-refractivity contribution in [2.75, 3.05) is 18.0 Å². The van der Waals surface area contributed by atoms with Gasteiger partial charge in [0, 0.05) is 31.2 Å². The molecule has 152 valence electrons. The van der Waals surface area contributed by atoms with Crippen molar-refractivity contribution in [2.24, 2.45) is 0 Å². The van der Waals surface area contributed by atoms with Crippen LogP contribution in [-0.4, -0.2) is 46.7 Å². The van der Waals surface area contributed by atoms with Gasteiger partial charge in [0.2, 0.25) is 11.8 Å². The number of nitrogens with one attached hydrogen (secondary N) is 1. The highest BCUT2D eigenvalue weighted by Gasteiger charge is 2.41. The zero-order valence-corrected chi connectivity index (χ0v) is 16.7. The molecule has 0 saturated carbocycles. The molecule has 29 heavy (non-hydrogen) atoms. The molecule has 0 bridgehead atoms. The van der Waals surface area contributed by atoms with Crippen molar-refractivity contribution in [3.63, 3.8) is 0 Å². The van der Waals surface area contributed by atoms with E-state index in [4.69, 9.17) is 11.6 Å². The van der Waals surface area contributed by atoms with E-state index in [0.717, 1.165) is 10.5 Å². The number of anilines is 1. The van der Waals surface area contributed by atoms with Crippen molar-refractivity contribution >= 4 is 35.1 Å². The van der Waals surface area contributed by atoms with E-state index >= 15 is 0 Å². The highest BCUT2D eigenvalue weighted by Crippen LogP contribution is 2.24. The van der Waals surface area contributed by atoms with Crippen molar-refractivity contribution in [1.82, 2.24) is 15.2 Å². The summed E-state index contributed by atoms with van der Waals surface area (Å²) in [5.74, 6) is -2.11. The minimum atomic E-state index is -0.988. The van der Waals surface area contributed by atoms with Gasteiger partial charge in [0.15, 0.2) is 11.6 Å². The summed E-state index contributed by atoms with van der Waals surface area (Å²) in [7, 11) is 0. The van der Waals surface area contributed by atoms with Gasteiger partial charge in [-0.25, -0.2) is 9.37 Å². The van der Waals surface area contributed by atoms with Gasteiger partial charge >= 0.3 is 0 Å². The minimum absolute atomic E-state index is 0.0858. The van der Waals surface area contributed by atoms with Crippen LogP contribution >= 0.6 is 11.6 Å². The van der Waals surface area contributed by atoms with E-state index in [2.05, 4.69) is 10.3 Å². The van der Waals surface area contributed by atoms with Crippen molar-refractivity contribution in [3.05, 3.63) is 58.5 Å². The largest absolute Gasteiger partial charge is 0.354 e. The molecule has 1 N–H and O–H groups in total. The van der Waals surface area contributed by atoms with Crippen LogP contribution in [0.3, 0.4) is 0 Å². The average Bonchev–Trinajstić information content (AvgIpc) is 2.66. The van der Waals surface area contributed by atoms with Crippen molar-refractivity contribution in [3.8, 4) is 0 Å². The van der Waals surface area contributed by atoms with E-state index in [1.165, 1.54) is 24.1 Å². The first-order valence-corrected chi connectivity index (χ1v) is 9.36. The van der Waals surface area contributed by atoms with Crippen LogP contribution in [0.5, 0.6) is 0 Å². The second-order valence-corrected chi connectivity index (χ2v) is 7.28. The molecule has 1 atom stereocenters. The summed E-state index contributed by atoms with van der Waals surface area (Å²) < 4.78 is 14.4. The Morgan fingerprint density at radius 1 is 1.31 bits per heavy atom. The number of rotatable bonds is 5. The van der Waals surface area contributed by atoms with Gasteiger partial charge in [-0.1, -0.05) is 23.7 Å². The lowest BCUT2D eigenvalue weighted by atomic mass is 10.1. The van der Waals surface area contributed by atoms with Gasteiger partial charge in [0.25, 0.3) is 5.91 Å². The number of hydrogen-bond acceptors (Lipinski definition) is 4. The van der Waals surface area contributed by atoms with Gasteiger partial charge in [-0.15, -0.1) is 0 Å². The summed E-state index contributed by atoms with van der Waals surface area (Å²) in [5, 5.41) is 3.12. The molecule has 0 spiro atoms. The third kappa shape index (κ3) is 4.71. The molecule has 3 amide bonds. The second kappa shape index (κ2) is 8.57. The highest BCUT2D eigenvalue weighted by molar-refractivity contribution is 6.30. The molecule has 7 nitrogen and oxygen atoms in total. The second-order valence-electron chi connectivity index (χ2n) is 6.84. The maximum atomic E-state index is 14.4. The predicted molar refractivity (Wildman–Crippen MR) is 106 cm³/mol. The number of piperazine rings is 1. The third-order valence-corrected chi connectivity index (χ3v) is 4.82. The van der Waals surface area contributed by atoms with Crippen LogP contribution in [0.25, 0.3) is 0 Å². The fraction of sp³-hybridized carbons (Fsp3) is 0.300. The summed E-state index contributed by atoms with van der Waals surface area (Å²) in [5.41, 5.74) is 1.37. The number of benzene rings is 1. The molecule has 1 fully saturated rings. The third-order valence-electron chi connectivity index (χ3n) is 4.57. The summed E-state index contributed by atoms with van der Waals surface area (Å²) in [6.07, 6.45) is 1.43. The van der Waals surface area contributed by atoms with E-state index in [0.29, 0.717) is 10.6 Å². The Morgan fingerprint density at radius 2 is 2.00 bits per heavy atom. The quantitative estimate of drug-likeness (QED) is 0.805. The number of carbonyl (C=O) groups is 3. The van der Waals surface area contributed by atoms with Gasteiger partial charge in [-0.05, 0) is 36.2 Å². The number of nitrogens with zero attached hydrogens (tertiary/aromatic N) is 3. The van der Waals surface area contributed by atoms with Crippen LogP contribution in [0.1, 0.15) is 18.1 Å². The van der Waals surface area contributed by atoms with Crippen LogP contribution in [-0.2, 0) is 20.9 Å². The maximum absolute atomic E-state index is 14.4. The highest BCUT2D eigenvalue weighted by atomic mass is 35.5.